The number of likely N-dealkylation sites (tertiary alicyclic amines) is 1. The number of nitrogens with zero attached hydrogens (tertiary/aromatic N) is 1. The number of piperidine rings is 1. The number of carbonyl (C=O) groups excluding carboxylic acids is 1. The maximum absolute atomic E-state index is 12.3. The Hall–Kier alpha value is -1.39. The van der Waals surface area contributed by atoms with Gasteiger partial charge in [0, 0.05) is 26.2 Å². The molecule has 4 nitrogen and oxygen atoms in total. The number of aliphatic hydroxyl groups is 1. The first-order valence-electron chi connectivity index (χ1n) is 6.90. The van der Waals surface area contributed by atoms with Gasteiger partial charge in [0.25, 0.3) is 0 Å². The zero-order valence-electron chi connectivity index (χ0n) is 11.2. The van der Waals surface area contributed by atoms with E-state index in [2.05, 4.69) is 0 Å². The molecule has 0 bridgehead atoms. The van der Waals surface area contributed by atoms with Gasteiger partial charge in [0.2, 0.25) is 5.91 Å². The fourth-order valence-corrected chi connectivity index (χ4v) is 2.64. The molecule has 1 unspecified atom stereocenters. The smallest absolute Gasteiger partial charge is 0.227 e. The number of rotatable bonds is 4. The molecule has 1 aliphatic rings. The van der Waals surface area contributed by atoms with Crippen molar-refractivity contribution in [2.75, 3.05) is 19.7 Å². The van der Waals surface area contributed by atoms with Crippen molar-refractivity contribution in [3.8, 4) is 0 Å². The topological polar surface area (TPSA) is 66.6 Å². The molecule has 0 radical (unpaired) electrons. The van der Waals surface area contributed by atoms with E-state index in [0.29, 0.717) is 19.5 Å². The summed E-state index contributed by atoms with van der Waals surface area (Å²) in [6.07, 6.45) is 2.40. The summed E-state index contributed by atoms with van der Waals surface area (Å²) in [4.78, 5) is 14.2. The highest BCUT2D eigenvalue weighted by molar-refractivity contribution is 5.79. The van der Waals surface area contributed by atoms with Gasteiger partial charge in [0.05, 0.1) is 6.42 Å². The summed E-state index contributed by atoms with van der Waals surface area (Å²) in [5.74, 6) is 0.376. The van der Waals surface area contributed by atoms with Crippen molar-refractivity contribution in [3.63, 3.8) is 0 Å². The Morgan fingerprint density at radius 3 is 2.79 bits per heavy atom. The molecule has 1 saturated heterocycles. The lowest BCUT2D eigenvalue weighted by Gasteiger charge is -2.32. The lowest BCUT2D eigenvalue weighted by molar-refractivity contribution is -0.132. The standard InChI is InChI=1S/C15H22N2O2/c16-9-14-6-2-1-5-13(14)8-15(19)17-7-3-4-12(10-17)11-18/h1-2,5-6,12,18H,3-4,7-11,16H2. The van der Waals surface area contributed by atoms with Gasteiger partial charge in [-0.05, 0) is 29.9 Å². The Balaban J connectivity index is 2.00. The van der Waals surface area contributed by atoms with Gasteiger partial charge in [-0.15, -0.1) is 0 Å². The van der Waals surface area contributed by atoms with Crippen LogP contribution in [0, 0.1) is 5.92 Å². The minimum absolute atomic E-state index is 0.138. The molecule has 3 N–H and O–H groups in total. The number of benzene rings is 1. The van der Waals surface area contributed by atoms with Crippen LogP contribution in [0.5, 0.6) is 0 Å². The first-order valence-corrected chi connectivity index (χ1v) is 6.90. The van der Waals surface area contributed by atoms with Crippen LogP contribution in [0.1, 0.15) is 24.0 Å². The second kappa shape index (κ2) is 6.68. The Kier molecular flexibility index (Phi) is 4.93. The van der Waals surface area contributed by atoms with E-state index in [1.54, 1.807) is 0 Å². The number of carbonyl (C=O) groups is 1. The van der Waals surface area contributed by atoms with Crippen molar-refractivity contribution in [1.82, 2.24) is 4.90 Å². The van der Waals surface area contributed by atoms with Gasteiger partial charge in [-0.2, -0.15) is 0 Å². The molecule has 1 amide bonds. The van der Waals surface area contributed by atoms with Crippen LogP contribution in [0.25, 0.3) is 0 Å². The summed E-state index contributed by atoms with van der Waals surface area (Å²) >= 11 is 0. The van der Waals surface area contributed by atoms with E-state index in [0.717, 1.165) is 30.5 Å². The number of nitrogens with two attached hydrogens (primary N) is 1. The van der Waals surface area contributed by atoms with Gasteiger partial charge >= 0.3 is 0 Å². The molecule has 0 spiro atoms. The van der Waals surface area contributed by atoms with Crippen LogP contribution in [-0.2, 0) is 17.8 Å². The van der Waals surface area contributed by atoms with E-state index in [4.69, 9.17) is 5.73 Å². The third kappa shape index (κ3) is 3.55. The second-order valence-electron chi connectivity index (χ2n) is 5.18. The maximum Gasteiger partial charge on any atom is 0.227 e. The van der Waals surface area contributed by atoms with Crippen LogP contribution in [0.15, 0.2) is 24.3 Å². The van der Waals surface area contributed by atoms with Crippen molar-refractivity contribution < 1.29 is 9.90 Å². The molecule has 1 fully saturated rings. The molecule has 2 rings (SSSR count). The van der Waals surface area contributed by atoms with Crippen LogP contribution in [0.4, 0.5) is 0 Å². The van der Waals surface area contributed by atoms with Crippen LogP contribution < -0.4 is 5.73 Å². The molecule has 1 aromatic rings. The average molecular weight is 262 g/mol. The van der Waals surface area contributed by atoms with E-state index in [1.807, 2.05) is 29.2 Å². The van der Waals surface area contributed by atoms with E-state index >= 15 is 0 Å². The normalized spacial score (nSPS) is 19.5. The molecular formula is C15H22N2O2. The summed E-state index contributed by atoms with van der Waals surface area (Å²) in [5.41, 5.74) is 7.74. The summed E-state index contributed by atoms with van der Waals surface area (Å²) < 4.78 is 0. The molecule has 1 aromatic carbocycles. The third-order valence-electron chi connectivity index (χ3n) is 3.81. The van der Waals surface area contributed by atoms with Gasteiger partial charge in [-0.3, -0.25) is 4.79 Å². The van der Waals surface area contributed by atoms with Crippen molar-refractivity contribution in [3.05, 3.63) is 35.4 Å². The minimum atomic E-state index is 0.138. The monoisotopic (exact) mass is 262 g/mol. The Morgan fingerprint density at radius 1 is 1.37 bits per heavy atom. The van der Waals surface area contributed by atoms with E-state index in [1.165, 1.54) is 0 Å². The second-order valence-corrected chi connectivity index (χ2v) is 5.18. The number of hydrogen-bond acceptors (Lipinski definition) is 3. The van der Waals surface area contributed by atoms with E-state index < -0.39 is 0 Å². The highest BCUT2D eigenvalue weighted by Crippen LogP contribution is 2.17. The maximum atomic E-state index is 12.3. The van der Waals surface area contributed by atoms with Crippen LogP contribution in [0.3, 0.4) is 0 Å². The predicted molar refractivity (Wildman–Crippen MR) is 74.4 cm³/mol. The lowest BCUT2D eigenvalue weighted by atomic mass is 9.97. The predicted octanol–water partition coefficient (Wildman–Crippen LogP) is 0.919. The summed E-state index contributed by atoms with van der Waals surface area (Å²) in [7, 11) is 0. The molecule has 1 aliphatic heterocycles. The molecule has 0 aromatic heterocycles. The first-order chi connectivity index (χ1) is 9.24. The molecule has 19 heavy (non-hydrogen) atoms. The number of hydrogen-bond donors (Lipinski definition) is 2. The van der Waals surface area contributed by atoms with Gasteiger partial charge in [0.1, 0.15) is 0 Å². The Bertz CT molecular complexity index is 434. The number of aliphatic hydroxyl groups excluding tert-OH is 1. The van der Waals surface area contributed by atoms with Crippen LogP contribution in [-0.4, -0.2) is 35.6 Å². The Morgan fingerprint density at radius 2 is 2.11 bits per heavy atom. The van der Waals surface area contributed by atoms with Gasteiger partial charge in [0.15, 0.2) is 0 Å². The zero-order valence-corrected chi connectivity index (χ0v) is 11.2. The highest BCUT2D eigenvalue weighted by atomic mass is 16.3. The average Bonchev–Trinajstić information content (AvgIpc) is 2.47. The molecule has 4 heteroatoms. The summed E-state index contributed by atoms with van der Waals surface area (Å²) in [5, 5.41) is 9.21. The molecule has 1 atom stereocenters. The SMILES string of the molecule is NCc1ccccc1CC(=O)N1CCCC(CO)C1. The van der Waals surface area contributed by atoms with E-state index in [-0.39, 0.29) is 18.4 Å². The molecule has 1 heterocycles. The fourth-order valence-electron chi connectivity index (χ4n) is 2.64. The van der Waals surface area contributed by atoms with Gasteiger partial charge < -0.3 is 15.7 Å². The Labute approximate surface area is 114 Å². The van der Waals surface area contributed by atoms with Crippen molar-refractivity contribution in [1.29, 1.82) is 0 Å². The quantitative estimate of drug-likeness (QED) is 0.848. The molecule has 104 valence electrons. The fraction of sp³-hybridized carbons (Fsp3) is 0.533. The first kappa shape index (κ1) is 14.0. The summed E-state index contributed by atoms with van der Waals surface area (Å²) in [6.45, 7) is 2.12. The van der Waals surface area contributed by atoms with Crippen molar-refractivity contribution in [2.24, 2.45) is 11.7 Å². The zero-order chi connectivity index (χ0) is 13.7. The minimum Gasteiger partial charge on any atom is -0.396 e. The molecule has 0 saturated carbocycles. The van der Waals surface area contributed by atoms with Crippen LogP contribution >= 0.6 is 0 Å². The van der Waals surface area contributed by atoms with Crippen molar-refractivity contribution >= 4 is 5.91 Å². The third-order valence-corrected chi connectivity index (χ3v) is 3.81. The molecule has 0 aliphatic carbocycles. The largest absolute Gasteiger partial charge is 0.396 e. The lowest BCUT2D eigenvalue weighted by Crippen LogP contribution is -2.41. The summed E-state index contributed by atoms with van der Waals surface area (Å²) in [6, 6.07) is 7.82. The number of amides is 1. The van der Waals surface area contributed by atoms with Crippen molar-refractivity contribution in [2.45, 2.75) is 25.8 Å². The van der Waals surface area contributed by atoms with Crippen LogP contribution in [0.2, 0.25) is 0 Å². The molecular weight excluding hydrogens is 240 g/mol. The van der Waals surface area contributed by atoms with E-state index in [9.17, 15) is 9.90 Å². The van der Waals surface area contributed by atoms with Gasteiger partial charge in [-0.25, -0.2) is 0 Å². The highest BCUT2D eigenvalue weighted by Gasteiger charge is 2.23. The van der Waals surface area contributed by atoms with Gasteiger partial charge in [-0.1, -0.05) is 24.3 Å².